The third kappa shape index (κ3) is 3.12. The zero-order chi connectivity index (χ0) is 14.8. The molecule has 0 aromatic carbocycles. The Balaban J connectivity index is 1.70. The molecule has 5 nitrogen and oxygen atoms in total. The van der Waals surface area contributed by atoms with Crippen LogP contribution in [0.15, 0.2) is 12.4 Å². The van der Waals surface area contributed by atoms with E-state index in [4.69, 9.17) is 0 Å². The van der Waals surface area contributed by atoms with E-state index in [0.717, 1.165) is 45.3 Å². The lowest BCUT2D eigenvalue weighted by Crippen LogP contribution is -2.52. The number of piperidine rings is 1. The van der Waals surface area contributed by atoms with Gasteiger partial charge in [0.1, 0.15) is 0 Å². The van der Waals surface area contributed by atoms with Gasteiger partial charge >= 0.3 is 0 Å². The maximum absolute atomic E-state index is 12.9. The monoisotopic (exact) mass is 290 g/mol. The first-order valence-corrected chi connectivity index (χ1v) is 8.15. The molecule has 2 saturated heterocycles. The molecule has 0 aliphatic carbocycles. The molecule has 2 atom stereocenters. The molecule has 2 aliphatic rings. The van der Waals surface area contributed by atoms with Crippen molar-refractivity contribution >= 4 is 5.91 Å². The van der Waals surface area contributed by atoms with Crippen molar-refractivity contribution < 1.29 is 4.79 Å². The average Bonchev–Trinajstić information content (AvgIpc) is 3.07. The van der Waals surface area contributed by atoms with Crippen molar-refractivity contribution in [1.82, 2.24) is 19.6 Å². The SMILES string of the molecule is Cc1cnn(C[C@H]2CCCCN2C(=O)[C@H]2CCCN2C)c1. The lowest BCUT2D eigenvalue weighted by molar-refractivity contribution is -0.139. The molecule has 0 saturated carbocycles. The topological polar surface area (TPSA) is 41.4 Å². The number of nitrogens with zero attached hydrogens (tertiary/aromatic N) is 4. The van der Waals surface area contributed by atoms with Crippen molar-refractivity contribution in [3.8, 4) is 0 Å². The lowest BCUT2D eigenvalue weighted by atomic mass is 10.0. The van der Waals surface area contributed by atoms with Crippen molar-refractivity contribution in [2.45, 2.75) is 57.7 Å². The molecular formula is C16H26N4O. The van der Waals surface area contributed by atoms with Crippen molar-refractivity contribution in [2.75, 3.05) is 20.1 Å². The molecule has 0 N–H and O–H groups in total. The standard InChI is InChI=1S/C16H26N4O/c1-13-10-17-19(11-13)12-14-6-3-4-9-20(14)16(21)15-7-5-8-18(15)2/h10-11,14-15H,3-9,12H2,1-2H3/t14-,15-/m1/s1. The minimum Gasteiger partial charge on any atom is -0.336 e. The second-order valence-electron chi connectivity index (χ2n) is 6.56. The maximum Gasteiger partial charge on any atom is 0.240 e. The highest BCUT2D eigenvalue weighted by molar-refractivity contribution is 5.82. The minimum absolute atomic E-state index is 0.102. The number of hydrogen-bond acceptors (Lipinski definition) is 3. The minimum atomic E-state index is 0.102. The predicted octanol–water partition coefficient (Wildman–Crippen LogP) is 1.67. The Morgan fingerprint density at radius 2 is 2.14 bits per heavy atom. The summed E-state index contributed by atoms with van der Waals surface area (Å²) in [5.41, 5.74) is 1.18. The number of rotatable bonds is 3. The van der Waals surface area contributed by atoms with E-state index in [1.165, 1.54) is 12.0 Å². The van der Waals surface area contributed by atoms with Gasteiger partial charge < -0.3 is 4.90 Å². The smallest absolute Gasteiger partial charge is 0.240 e. The molecule has 21 heavy (non-hydrogen) atoms. The Bertz CT molecular complexity index is 498. The van der Waals surface area contributed by atoms with Gasteiger partial charge in [0.2, 0.25) is 5.91 Å². The van der Waals surface area contributed by atoms with E-state index in [9.17, 15) is 4.79 Å². The van der Waals surface area contributed by atoms with Gasteiger partial charge in [0, 0.05) is 12.7 Å². The number of carbonyl (C=O) groups excluding carboxylic acids is 1. The Labute approximate surface area is 126 Å². The van der Waals surface area contributed by atoms with E-state index < -0.39 is 0 Å². The molecule has 1 amide bonds. The molecule has 3 heterocycles. The number of aryl methyl sites for hydroxylation is 1. The second kappa shape index (κ2) is 6.18. The molecule has 3 rings (SSSR count). The van der Waals surface area contributed by atoms with Crippen LogP contribution in [-0.2, 0) is 11.3 Å². The molecular weight excluding hydrogens is 264 g/mol. The van der Waals surface area contributed by atoms with Gasteiger partial charge in [-0.25, -0.2) is 0 Å². The van der Waals surface area contributed by atoms with Gasteiger partial charge in [-0.05, 0) is 58.2 Å². The average molecular weight is 290 g/mol. The Kier molecular flexibility index (Phi) is 4.29. The molecule has 2 aliphatic heterocycles. The van der Waals surface area contributed by atoms with Gasteiger partial charge in [-0.1, -0.05) is 0 Å². The fraction of sp³-hybridized carbons (Fsp3) is 0.750. The molecule has 0 spiro atoms. The van der Waals surface area contributed by atoms with Crippen LogP contribution in [0.4, 0.5) is 0 Å². The predicted molar refractivity (Wildman–Crippen MR) is 82.0 cm³/mol. The van der Waals surface area contributed by atoms with Gasteiger partial charge in [-0.3, -0.25) is 14.4 Å². The summed E-state index contributed by atoms with van der Waals surface area (Å²) < 4.78 is 1.99. The van der Waals surface area contributed by atoms with E-state index in [1.807, 2.05) is 10.9 Å². The molecule has 1 aromatic rings. The van der Waals surface area contributed by atoms with E-state index in [-0.39, 0.29) is 6.04 Å². The summed E-state index contributed by atoms with van der Waals surface area (Å²) in [6, 6.07) is 0.407. The van der Waals surface area contributed by atoms with Crippen molar-refractivity contribution in [1.29, 1.82) is 0 Å². The number of hydrogen-bond donors (Lipinski definition) is 0. The van der Waals surface area contributed by atoms with Crippen molar-refractivity contribution in [3.63, 3.8) is 0 Å². The van der Waals surface area contributed by atoms with Crippen LogP contribution in [0.1, 0.15) is 37.7 Å². The van der Waals surface area contributed by atoms with E-state index in [0.29, 0.717) is 11.9 Å². The zero-order valence-electron chi connectivity index (χ0n) is 13.2. The van der Waals surface area contributed by atoms with E-state index in [2.05, 4.69) is 35.1 Å². The van der Waals surface area contributed by atoms with Gasteiger partial charge in [0.15, 0.2) is 0 Å². The number of likely N-dealkylation sites (N-methyl/N-ethyl adjacent to an activating group) is 1. The Hall–Kier alpha value is -1.36. The fourth-order valence-corrected chi connectivity index (χ4v) is 3.68. The van der Waals surface area contributed by atoms with E-state index >= 15 is 0 Å². The molecule has 0 unspecified atom stereocenters. The van der Waals surface area contributed by atoms with Gasteiger partial charge in [0.05, 0.1) is 24.8 Å². The summed E-state index contributed by atoms with van der Waals surface area (Å²) in [6.45, 7) is 4.85. The molecule has 0 radical (unpaired) electrons. The number of carbonyl (C=O) groups is 1. The largest absolute Gasteiger partial charge is 0.336 e. The highest BCUT2D eigenvalue weighted by Gasteiger charge is 2.35. The summed E-state index contributed by atoms with van der Waals surface area (Å²) in [7, 11) is 2.07. The van der Waals surface area contributed by atoms with Crippen LogP contribution in [-0.4, -0.2) is 57.7 Å². The quantitative estimate of drug-likeness (QED) is 0.850. The summed E-state index contributed by atoms with van der Waals surface area (Å²) in [5, 5.41) is 4.38. The van der Waals surface area contributed by atoms with Gasteiger partial charge in [-0.2, -0.15) is 5.10 Å². The first-order valence-electron chi connectivity index (χ1n) is 8.15. The van der Waals surface area contributed by atoms with Gasteiger partial charge in [0.25, 0.3) is 0 Å². The second-order valence-corrected chi connectivity index (χ2v) is 6.56. The lowest BCUT2D eigenvalue weighted by Gasteiger charge is -2.38. The van der Waals surface area contributed by atoms with Crippen LogP contribution in [0.25, 0.3) is 0 Å². The summed E-state index contributed by atoms with van der Waals surface area (Å²) >= 11 is 0. The van der Waals surface area contributed by atoms with Crippen LogP contribution in [0.3, 0.4) is 0 Å². The number of aromatic nitrogens is 2. The number of likely N-dealkylation sites (tertiary alicyclic amines) is 2. The molecule has 0 bridgehead atoms. The van der Waals surface area contributed by atoms with Crippen LogP contribution in [0.5, 0.6) is 0 Å². The highest BCUT2D eigenvalue weighted by atomic mass is 16.2. The normalized spacial score (nSPS) is 27.2. The first-order chi connectivity index (χ1) is 10.1. The molecule has 116 valence electrons. The van der Waals surface area contributed by atoms with Crippen molar-refractivity contribution in [3.05, 3.63) is 18.0 Å². The summed E-state index contributed by atoms with van der Waals surface area (Å²) in [6.07, 6.45) is 9.56. The maximum atomic E-state index is 12.9. The van der Waals surface area contributed by atoms with Crippen molar-refractivity contribution in [2.24, 2.45) is 0 Å². The molecule has 5 heteroatoms. The highest BCUT2D eigenvalue weighted by Crippen LogP contribution is 2.24. The molecule has 2 fully saturated rings. The summed E-state index contributed by atoms with van der Waals surface area (Å²) in [4.78, 5) is 17.2. The van der Waals surface area contributed by atoms with Crippen LogP contribution < -0.4 is 0 Å². The Morgan fingerprint density at radius 1 is 1.29 bits per heavy atom. The Morgan fingerprint density at radius 3 is 2.81 bits per heavy atom. The van der Waals surface area contributed by atoms with Crippen LogP contribution in [0.2, 0.25) is 0 Å². The molecule has 1 aromatic heterocycles. The van der Waals surface area contributed by atoms with E-state index in [1.54, 1.807) is 0 Å². The van der Waals surface area contributed by atoms with Crippen LogP contribution >= 0.6 is 0 Å². The fourth-order valence-electron chi connectivity index (χ4n) is 3.68. The third-order valence-electron chi connectivity index (χ3n) is 4.88. The zero-order valence-corrected chi connectivity index (χ0v) is 13.2. The summed E-state index contributed by atoms with van der Waals surface area (Å²) in [5.74, 6) is 0.337. The van der Waals surface area contributed by atoms with Gasteiger partial charge in [-0.15, -0.1) is 0 Å². The third-order valence-corrected chi connectivity index (χ3v) is 4.88. The first kappa shape index (κ1) is 14.6. The van der Waals surface area contributed by atoms with Crippen LogP contribution in [0, 0.1) is 6.92 Å². The number of amides is 1.